The Morgan fingerprint density at radius 2 is 2.21 bits per heavy atom. The second kappa shape index (κ2) is 2.30. The van der Waals surface area contributed by atoms with Crippen LogP contribution in [0.15, 0.2) is 24.3 Å². The summed E-state index contributed by atoms with van der Waals surface area (Å²) in [5.74, 6) is 0. The van der Waals surface area contributed by atoms with Gasteiger partial charge in [-0.05, 0) is 6.07 Å². The number of hydrogen-bond donors (Lipinski definition) is 1. The van der Waals surface area contributed by atoms with E-state index in [1.807, 2.05) is 24.3 Å². The van der Waals surface area contributed by atoms with Gasteiger partial charge in [-0.1, -0.05) is 24.3 Å². The average Bonchev–Trinajstić information content (AvgIpc) is 2.41. The van der Waals surface area contributed by atoms with Crippen molar-refractivity contribution in [1.29, 1.82) is 0 Å². The second-order valence-corrected chi connectivity index (χ2v) is 4.88. The molecule has 1 aromatic rings. The fraction of sp³-hybridized carbons (Fsp3) is 0.111. The number of nitrogens with zero attached hydrogens (tertiary/aromatic N) is 1. The van der Waals surface area contributed by atoms with Crippen LogP contribution in [0.4, 0.5) is 11.4 Å². The molecule has 0 unspecified atom stereocenters. The molecule has 0 aliphatic carbocycles. The standard InChI is InChI=1S/C9H8N2O2S/c12-14(13)10-8-5-1-3-7-4-2-6-11(14)9(7)8/h1-5,10H,6H2. The van der Waals surface area contributed by atoms with Crippen molar-refractivity contribution in [2.45, 2.75) is 0 Å². The molecule has 0 aromatic heterocycles. The maximum atomic E-state index is 11.6. The normalized spacial score (nSPS) is 20.4. The van der Waals surface area contributed by atoms with Crippen LogP contribution in [-0.2, 0) is 10.2 Å². The van der Waals surface area contributed by atoms with E-state index in [1.165, 1.54) is 4.31 Å². The van der Waals surface area contributed by atoms with Crippen LogP contribution < -0.4 is 9.03 Å². The van der Waals surface area contributed by atoms with Crippen molar-refractivity contribution in [2.24, 2.45) is 0 Å². The molecule has 0 amide bonds. The highest BCUT2D eigenvalue weighted by molar-refractivity contribution is 7.94. The van der Waals surface area contributed by atoms with Crippen LogP contribution in [0, 0.1) is 0 Å². The summed E-state index contributed by atoms with van der Waals surface area (Å²) in [6.07, 6.45) is 3.79. The topological polar surface area (TPSA) is 49.4 Å². The van der Waals surface area contributed by atoms with Gasteiger partial charge in [0.25, 0.3) is 0 Å². The van der Waals surface area contributed by atoms with Crippen molar-refractivity contribution in [3.63, 3.8) is 0 Å². The first kappa shape index (κ1) is 7.87. The summed E-state index contributed by atoms with van der Waals surface area (Å²) in [6, 6.07) is 5.52. The third kappa shape index (κ3) is 0.846. The van der Waals surface area contributed by atoms with Crippen LogP contribution in [0.1, 0.15) is 5.56 Å². The molecule has 4 nitrogen and oxygen atoms in total. The number of nitrogens with one attached hydrogen (secondary N) is 1. The van der Waals surface area contributed by atoms with E-state index in [4.69, 9.17) is 0 Å². The molecule has 0 atom stereocenters. The SMILES string of the molecule is O=S1(=O)Nc2cccc3c2N1CC=C3. The number of para-hydroxylation sites is 1. The minimum Gasteiger partial charge on any atom is -0.264 e. The van der Waals surface area contributed by atoms with E-state index in [0.29, 0.717) is 12.2 Å². The number of benzene rings is 1. The predicted octanol–water partition coefficient (Wildman–Crippen LogP) is 1.19. The van der Waals surface area contributed by atoms with Gasteiger partial charge in [0.1, 0.15) is 0 Å². The van der Waals surface area contributed by atoms with E-state index in [-0.39, 0.29) is 0 Å². The van der Waals surface area contributed by atoms with Crippen LogP contribution in [-0.4, -0.2) is 15.0 Å². The Labute approximate surface area is 82.0 Å². The monoisotopic (exact) mass is 208 g/mol. The van der Waals surface area contributed by atoms with Crippen molar-refractivity contribution < 1.29 is 8.42 Å². The number of rotatable bonds is 0. The fourth-order valence-corrected chi connectivity index (χ4v) is 3.11. The molecular weight excluding hydrogens is 200 g/mol. The number of hydrogen-bond acceptors (Lipinski definition) is 2. The fourth-order valence-electron chi connectivity index (χ4n) is 1.84. The molecule has 0 saturated heterocycles. The molecule has 0 radical (unpaired) electrons. The molecule has 1 aromatic carbocycles. The van der Waals surface area contributed by atoms with Gasteiger partial charge in [-0.3, -0.25) is 4.72 Å². The summed E-state index contributed by atoms with van der Waals surface area (Å²) in [5.41, 5.74) is 2.39. The highest BCUT2D eigenvalue weighted by atomic mass is 32.2. The van der Waals surface area contributed by atoms with Crippen LogP contribution in [0.3, 0.4) is 0 Å². The van der Waals surface area contributed by atoms with Crippen molar-refractivity contribution in [3.8, 4) is 0 Å². The Kier molecular flexibility index (Phi) is 1.29. The van der Waals surface area contributed by atoms with Crippen LogP contribution in [0.5, 0.6) is 0 Å². The molecule has 72 valence electrons. The van der Waals surface area contributed by atoms with Crippen molar-refractivity contribution in [3.05, 3.63) is 29.8 Å². The highest BCUT2D eigenvalue weighted by Crippen LogP contribution is 2.40. The van der Waals surface area contributed by atoms with Gasteiger partial charge >= 0.3 is 10.2 Å². The lowest BCUT2D eigenvalue weighted by Crippen LogP contribution is -2.31. The van der Waals surface area contributed by atoms with Crippen molar-refractivity contribution >= 4 is 27.7 Å². The Bertz CT molecular complexity index is 534. The molecule has 14 heavy (non-hydrogen) atoms. The Morgan fingerprint density at radius 3 is 3.07 bits per heavy atom. The first-order valence-electron chi connectivity index (χ1n) is 4.28. The van der Waals surface area contributed by atoms with Gasteiger partial charge in [-0.15, -0.1) is 0 Å². The maximum absolute atomic E-state index is 11.6. The Hall–Kier alpha value is -1.49. The predicted molar refractivity (Wildman–Crippen MR) is 55.4 cm³/mol. The summed E-state index contributed by atoms with van der Waals surface area (Å²) in [5, 5.41) is 0. The molecule has 2 aliphatic rings. The quantitative estimate of drug-likeness (QED) is 0.696. The maximum Gasteiger partial charge on any atom is 0.324 e. The zero-order chi connectivity index (χ0) is 9.76. The van der Waals surface area contributed by atoms with E-state index in [0.717, 1.165) is 11.3 Å². The van der Waals surface area contributed by atoms with Gasteiger partial charge in [0.2, 0.25) is 0 Å². The van der Waals surface area contributed by atoms with Crippen molar-refractivity contribution in [1.82, 2.24) is 0 Å². The Balaban J connectivity index is 2.37. The summed E-state index contributed by atoms with van der Waals surface area (Å²) in [6.45, 7) is 0.416. The molecule has 2 heterocycles. The molecule has 2 aliphatic heterocycles. The second-order valence-electron chi connectivity index (χ2n) is 3.28. The van der Waals surface area contributed by atoms with E-state index >= 15 is 0 Å². The lowest BCUT2D eigenvalue weighted by Gasteiger charge is -2.19. The molecule has 0 saturated carbocycles. The van der Waals surface area contributed by atoms with Gasteiger partial charge in [-0.25, -0.2) is 4.31 Å². The molecule has 3 rings (SSSR count). The molecular formula is C9H8N2O2S. The summed E-state index contributed by atoms with van der Waals surface area (Å²) >= 11 is 0. The van der Waals surface area contributed by atoms with Crippen LogP contribution in [0.2, 0.25) is 0 Å². The zero-order valence-electron chi connectivity index (χ0n) is 7.27. The van der Waals surface area contributed by atoms with Gasteiger partial charge in [-0.2, -0.15) is 8.42 Å². The lowest BCUT2D eigenvalue weighted by atomic mass is 10.1. The van der Waals surface area contributed by atoms with Crippen LogP contribution >= 0.6 is 0 Å². The van der Waals surface area contributed by atoms with E-state index in [9.17, 15) is 8.42 Å². The minimum absolute atomic E-state index is 0.416. The highest BCUT2D eigenvalue weighted by Gasteiger charge is 2.34. The van der Waals surface area contributed by atoms with E-state index < -0.39 is 10.2 Å². The average molecular weight is 208 g/mol. The molecule has 0 fully saturated rings. The first-order chi connectivity index (χ1) is 6.68. The first-order valence-corrected chi connectivity index (χ1v) is 5.72. The smallest absolute Gasteiger partial charge is 0.264 e. The van der Waals surface area contributed by atoms with Gasteiger partial charge < -0.3 is 0 Å². The Morgan fingerprint density at radius 1 is 1.36 bits per heavy atom. The lowest BCUT2D eigenvalue weighted by molar-refractivity contribution is 0.600. The van der Waals surface area contributed by atoms with Gasteiger partial charge in [0.05, 0.1) is 17.9 Å². The van der Waals surface area contributed by atoms with Crippen LogP contribution in [0.25, 0.3) is 6.08 Å². The third-order valence-corrected chi connectivity index (χ3v) is 3.80. The summed E-state index contributed by atoms with van der Waals surface area (Å²) in [7, 11) is -3.34. The van der Waals surface area contributed by atoms with E-state index in [1.54, 1.807) is 6.07 Å². The molecule has 5 heteroatoms. The summed E-state index contributed by atoms with van der Waals surface area (Å²) in [4.78, 5) is 0. The number of anilines is 2. The minimum atomic E-state index is -3.34. The van der Waals surface area contributed by atoms with Crippen molar-refractivity contribution in [2.75, 3.05) is 15.6 Å². The molecule has 0 bridgehead atoms. The molecule has 1 N–H and O–H groups in total. The van der Waals surface area contributed by atoms with E-state index in [2.05, 4.69) is 4.72 Å². The summed E-state index contributed by atoms with van der Waals surface area (Å²) < 4.78 is 27.1. The largest absolute Gasteiger partial charge is 0.324 e. The van der Waals surface area contributed by atoms with Gasteiger partial charge in [0, 0.05) is 5.56 Å². The molecule has 0 spiro atoms. The van der Waals surface area contributed by atoms with Gasteiger partial charge in [0.15, 0.2) is 0 Å². The zero-order valence-corrected chi connectivity index (χ0v) is 8.08. The third-order valence-electron chi connectivity index (χ3n) is 2.41.